The SMILES string of the molecule is C=CCCC(=O)[C@H]1[C@@H]2C[C@@H](O[C@@H]3O[C@H](C)[C@@H](O)[C@H](N)[C@@H]3O)C=CC=CC=CC=CC=CC=CC=C[C@H](C)[C@@H](O)[C@@H](C)[C@H](C)OC(=O)C[C@H](O)C[C@H](O)CC[C@@H](O)[C@H](O)C[C@H](O)C[C@](O)(C[C@@H]1O)O2. The molecule has 0 saturated carbocycles. The van der Waals surface area contributed by atoms with Crippen LogP contribution in [0.15, 0.2) is 97.7 Å². The first-order chi connectivity index (χ1) is 32.2. The number of aliphatic hydroxyl groups excluding tert-OH is 9. The maximum absolute atomic E-state index is 13.6. The molecular weight excluding hydrogens is 883 g/mol. The zero-order valence-corrected chi connectivity index (χ0v) is 39.8. The molecule has 0 unspecified atom stereocenters. The van der Waals surface area contributed by atoms with Crippen LogP contribution >= 0.6 is 0 Å². The summed E-state index contributed by atoms with van der Waals surface area (Å²) in [4.78, 5) is 26.3. The van der Waals surface area contributed by atoms with Gasteiger partial charge in [0.1, 0.15) is 18.0 Å². The van der Waals surface area contributed by atoms with E-state index in [4.69, 9.17) is 24.7 Å². The van der Waals surface area contributed by atoms with E-state index in [1.165, 1.54) is 0 Å². The van der Waals surface area contributed by atoms with Gasteiger partial charge in [-0.05, 0) is 39.5 Å². The molecule has 0 amide bonds. The molecule has 0 aromatic carbocycles. The number of carbonyl (C=O) groups is 2. The zero-order chi connectivity index (χ0) is 50.6. The van der Waals surface area contributed by atoms with Crippen LogP contribution in [0.2, 0.25) is 0 Å². The van der Waals surface area contributed by atoms with Crippen LogP contribution in [0.3, 0.4) is 0 Å². The Balaban J connectivity index is 1.91. The van der Waals surface area contributed by atoms with Gasteiger partial charge in [-0.2, -0.15) is 0 Å². The van der Waals surface area contributed by atoms with Crippen molar-refractivity contribution in [1.82, 2.24) is 0 Å². The summed E-state index contributed by atoms with van der Waals surface area (Å²) in [7, 11) is 0. The molecule has 0 aliphatic carbocycles. The highest BCUT2D eigenvalue weighted by Crippen LogP contribution is 2.39. The van der Waals surface area contributed by atoms with Gasteiger partial charge in [0.05, 0.1) is 85.5 Å². The fourth-order valence-electron chi connectivity index (χ4n) is 8.48. The Morgan fingerprint density at radius 2 is 1.31 bits per heavy atom. The van der Waals surface area contributed by atoms with Crippen LogP contribution in [0.4, 0.5) is 0 Å². The largest absolute Gasteiger partial charge is 0.462 e. The highest BCUT2D eigenvalue weighted by atomic mass is 16.7. The van der Waals surface area contributed by atoms with Gasteiger partial charge in [-0.25, -0.2) is 0 Å². The normalized spacial score (nSPS) is 40.7. The minimum absolute atomic E-state index is 0.00354. The standard InChI is InChI=1S/C51H79NO16/c1-6-7-22-40(57)45-42(59)30-51(64)29-37(55)26-41(58)39(56)24-23-35(53)25-36(54)27-44(60)65-33(4)32(3)47(61)31(2)20-18-16-14-12-10-8-9-11-13-15-17-19-21-38(28-43(45)68-51)67-50-49(63)46(52)48(62)34(5)66-50/h6,8-21,31-39,41-43,45-50,53-56,58-59,61-64H,1,7,22-30,52H2,2-5H3/t31-,32-,33-,34+,35+,36+,37-,38-,39+,41+,42-,43-,45+,46-,47+,48+,49-,50-,51+/m0/s1. The molecule has 3 heterocycles. The summed E-state index contributed by atoms with van der Waals surface area (Å²) in [6, 6.07) is -1.12. The first-order valence-corrected chi connectivity index (χ1v) is 23.8. The van der Waals surface area contributed by atoms with Gasteiger partial charge in [-0.1, -0.05) is 105 Å². The Hall–Kier alpha value is -3.50. The smallest absolute Gasteiger partial charge is 0.308 e. The predicted molar refractivity (Wildman–Crippen MR) is 254 cm³/mol. The average molecular weight is 962 g/mol. The molecule has 2 fully saturated rings. The Labute approximate surface area is 401 Å². The second-order valence-corrected chi connectivity index (χ2v) is 18.5. The number of hydrogen-bond acceptors (Lipinski definition) is 17. The summed E-state index contributed by atoms with van der Waals surface area (Å²) < 4.78 is 23.7. The Morgan fingerprint density at radius 3 is 1.91 bits per heavy atom. The first-order valence-electron chi connectivity index (χ1n) is 23.8. The van der Waals surface area contributed by atoms with Gasteiger partial charge in [-0.15, -0.1) is 6.58 Å². The van der Waals surface area contributed by atoms with Crippen molar-refractivity contribution in [2.45, 2.75) is 189 Å². The molecule has 19 atom stereocenters. The van der Waals surface area contributed by atoms with E-state index in [0.717, 1.165) is 0 Å². The molecule has 0 radical (unpaired) electrons. The first kappa shape index (κ1) is 58.8. The lowest BCUT2D eigenvalue weighted by molar-refractivity contribution is -0.307. The van der Waals surface area contributed by atoms with Crippen LogP contribution in [-0.2, 0) is 28.5 Å². The van der Waals surface area contributed by atoms with Gasteiger partial charge >= 0.3 is 5.97 Å². The number of fused-ring (bicyclic) bond motifs is 2. The minimum atomic E-state index is -2.24. The van der Waals surface area contributed by atoms with E-state index in [9.17, 15) is 60.7 Å². The molecule has 384 valence electrons. The van der Waals surface area contributed by atoms with Crippen molar-refractivity contribution in [2.75, 3.05) is 0 Å². The van der Waals surface area contributed by atoms with Gasteiger partial charge in [0.25, 0.3) is 0 Å². The number of esters is 1. The molecule has 2 saturated heterocycles. The molecule has 3 aliphatic heterocycles. The van der Waals surface area contributed by atoms with E-state index in [0.29, 0.717) is 6.42 Å². The molecule has 68 heavy (non-hydrogen) atoms. The van der Waals surface area contributed by atoms with Crippen LogP contribution in [0.5, 0.6) is 0 Å². The van der Waals surface area contributed by atoms with E-state index in [1.807, 2.05) is 49.5 Å². The van der Waals surface area contributed by atoms with Crippen LogP contribution in [0, 0.1) is 17.8 Å². The van der Waals surface area contributed by atoms with Crippen LogP contribution in [0.25, 0.3) is 0 Å². The van der Waals surface area contributed by atoms with Crippen molar-refractivity contribution in [3.63, 3.8) is 0 Å². The third kappa shape index (κ3) is 19.7. The molecule has 2 bridgehead atoms. The number of ether oxygens (including phenoxy) is 4. The maximum atomic E-state index is 13.6. The van der Waals surface area contributed by atoms with Crippen molar-refractivity contribution in [3.05, 3.63) is 97.7 Å². The molecular formula is C51H79NO16. The quantitative estimate of drug-likeness (QED) is 0.134. The highest BCUT2D eigenvalue weighted by molar-refractivity contribution is 5.82. The van der Waals surface area contributed by atoms with Crippen molar-refractivity contribution >= 4 is 11.8 Å². The second-order valence-electron chi connectivity index (χ2n) is 18.5. The van der Waals surface area contributed by atoms with Crippen LogP contribution in [0.1, 0.15) is 91.9 Å². The molecule has 12 N–H and O–H groups in total. The number of cyclic esters (lactones) is 1. The summed E-state index contributed by atoms with van der Waals surface area (Å²) in [6.45, 7) is 10.5. The van der Waals surface area contributed by atoms with Crippen LogP contribution < -0.4 is 5.73 Å². The summed E-state index contributed by atoms with van der Waals surface area (Å²) in [5.74, 6) is -5.23. The van der Waals surface area contributed by atoms with E-state index < -0.39 is 141 Å². The molecule has 0 aromatic rings. The molecule has 0 spiro atoms. The molecule has 3 rings (SSSR count). The average Bonchev–Trinajstić information content (AvgIpc) is 3.26. The van der Waals surface area contributed by atoms with E-state index in [-0.39, 0.29) is 43.8 Å². The number of nitrogens with two attached hydrogens (primary N) is 1. The van der Waals surface area contributed by atoms with Crippen LogP contribution in [-0.4, -0.2) is 160 Å². The van der Waals surface area contributed by atoms with Gasteiger partial charge in [-0.3, -0.25) is 9.59 Å². The summed E-state index contributed by atoms with van der Waals surface area (Å²) >= 11 is 0. The fourth-order valence-corrected chi connectivity index (χ4v) is 8.48. The van der Waals surface area contributed by atoms with Gasteiger partial charge in [0, 0.05) is 43.9 Å². The Kier molecular flexibility index (Phi) is 25.6. The van der Waals surface area contributed by atoms with Crippen molar-refractivity contribution in [1.29, 1.82) is 0 Å². The summed E-state index contributed by atoms with van der Waals surface area (Å²) in [6.07, 6.45) is 7.04. The summed E-state index contributed by atoms with van der Waals surface area (Å²) in [5, 5.41) is 109. The number of allylic oxidation sites excluding steroid dienone is 13. The predicted octanol–water partition coefficient (Wildman–Crippen LogP) is 2.16. The Bertz CT molecular complexity index is 1750. The third-order valence-electron chi connectivity index (χ3n) is 12.7. The van der Waals surface area contributed by atoms with Gasteiger partial charge < -0.3 is 75.7 Å². The van der Waals surface area contributed by atoms with Crippen molar-refractivity contribution in [3.8, 4) is 0 Å². The molecule has 3 aliphatic rings. The maximum Gasteiger partial charge on any atom is 0.308 e. The highest BCUT2D eigenvalue weighted by Gasteiger charge is 2.50. The lowest BCUT2D eigenvalue weighted by atomic mass is 9.79. The van der Waals surface area contributed by atoms with Gasteiger partial charge in [0.15, 0.2) is 12.1 Å². The van der Waals surface area contributed by atoms with E-state index >= 15 is 0 Å². The number of ketones is 1. The van der Waals surface area contributed by atoms with Gasteiger partial charge in [0.2, 0.25) is 0 Å². The summed E-state index contributed by atoms with van der Waals surface area (Å²) in [5.41, 5.74) is 6.09. The lowest BCUT2D eigenvalue weighted by Crippen LogP contribution is -2.61. The molecule has 17 heteroatoms. The van der Waals surface area contributed by atoms with E-state index in [1.54, 1.807) is 69.4 Å². The molecule has 17 nitrogen and oxygen atoms in total. The fraction of sp³-hybridized carbons (Fsp3) is 0.647. The topological polar surface area (TPSA) is 299 Å². The third-order valence-corrected chi connectivity index (χ3v) is 12.7. The lowest BCUT2D eigenvalue weighted by Gasteiger charge is -2.46. The number of Topliss-reactive ketones (excluding diaryl/α,β-unsaturated/α-hetero) is 1. The zero-order valence-electron chi connectivity index (χ0n) is 39.8. The minimum Gasteiger partial charge on any atom is -0.462 e. The number of hydrogen-bond donors (Lipinski definition) is 11. The Morgan fingerprint density at radius 1 is 0.721 bits per heavy atom. The van der Waals surface area contributed by atoms with E-state index in [2.05, 4.69) is 6.58 Å². The van der Waals surface area contributed by atoms with Crippen molar-refractivity contribution < 1.29 is 79.6 Å². The second kappa shape index (κ2) is 29.6. The number of aliphatic hydroxyl groups is 10. The number of carbonyl (C=O) groups excluding carboxylic acids is 2. The molecule has 0 aromatic heterocycles. The number of rotatable bonds is 6. The van der Waals surface area contributed by atoms with Crippen molar-refractivity contribution in [2.24, 2.45) is 23.5 Å². The monoisotopic (exact) mass is 962 g/mol.